The molecule has 0 saturated heterocycles. The van der Waals surface area contributed by atoms with E-state index in [-0.39, 0.29) is 25.2 Å². The van der Waals surface area contributed by atoms with Crippen LogP contribution in [-0.4, -0.2) is 71.3 Å². The summed E-state index contributed by atoms with van der Waals surface area (Å²) in [4.78, 5) is 71.9. The lowest BCUT2D eigenvalue weighted by Gasteiger charge is -2.25. The van der Waals surface area contributed by atoms with E-state index in [4.69, 9.17) is 22.9 Å². The Morgan fingerprint density at radius 2 is 1.29 bits per heavy atom. The minimum Gasteiger partial charge on any atom is -0.480 e. The molecule has 12 N–H and O–H groups in total. The molecular formula is C20H37N7O7. The number of hydrogen-bond acceptors (Lipinski definition) is 8. The van der Waals surface area contributed by atoms with E-state index >= 15 is 0 Å². The van der Waals surface area contributed by atoms with Gasteiger partial charge in [0.25, 0.3) is 0 Å². The number of carboxylic acids is 1. The molecule has 0 aromatic carbocycles. The van der Waals surface area contributed by atoms with Gasteiger partial charge in [0.1, 0.15) is 18.1 Å². The molecule has 0 aliphatic carbocycles. The molecule has 0 rings (SSSR count). The number of primary amides is 2. The van der Waals surface area contributed by atoms with Crippen molar-refractivity contribution in [3.8, 4) is 0 Å². The average molecular weight is 488 g/mol. The molecule has 0 aromatic rings. The molecule has 14 nitrogen and oxygen atoms in total. The van der Waals surface area contributed by atoms with Gasteiger partial charge in [-0.05, 0) is 38.1 Å². The van der Waals surface area contributed by atoms with Crippen molar-refractivity contribution >= 4 is 35.5 Å². The fraction of sp³-hybridized carbons (Fsp3) is 0.700. The van der Waals surface area contributed by atoms with E-state index < -0.39 is 66.1 Å². The van der Waals surface area contributed by atoms with E-state index in [0.29, 0.717) is 19.4 Å². The van der Waals surface area contributed by atoms with Crippen LogP contribution in [0.3, 0.4) is 0 Å². The third-order valence-electron chi connectivity index (χ3n) is 4.93. The summed E-state index contributed by atoms with van der Waals surface area (Å²) in [5.74, 6) is -5.73. The van der Waals surface area contributed by atoms with E-state index in [1.54, 1.807) is 13.8 Å². The van der Waals surface area contributed by atoms with Crippen molar-refractivity contribution in [2.24, 2.45) is 28.9 Å². The predicted octanol–water partition coefficient (Wildman–Crippen LogP) is -3.22. The zero-order chi connectivity index (χ0) is 26.4. The molecule has 0 saturated carbocycles. The van der Waals surface area contributed by atoms with Gasteiger partial charge in [0, 0.05) is 6.42 Å². The summed E-state index contributed by atoms with van der Waals surface area (Å²) in [6, 6.07) is -5.04. The molecule has 4 atom stereocenters. The van der Waals surface area contributed by atoms with Gasteiger partial charge in [-0.1, -0.05) is 13.8 Å². The first-order valence-corrected chi connectivity index (χ1v) is 11.0. The van der Waals surface area contributed by atoms with E-state index in [0.717, 1.165) is 0 Å². The second kappa shape index (κ2) is 15.6. The number of carboxylic acid groups (broad SMARTS) is 1. The normalized spacial score (nSPS) is 14.4. The van der Waals surface area contributed by atoms with Crippen LogP contribution in [-0.2, 0) is 28.8 Å². The van der Waals surface area contributed by atoms with Crippen molar-refractivity contribution in [3.63, 3.8) is 0 Å². The van der Waals surface area contributed by atoms with Crippen LogP contribution in [0.4, 0.5) is 0 Å². The van der Waals surface area contributed by atoms with Crippen LogP contribution >= 0.6 is 0 Å². The second-order valence-electron chi connectivity index (χ2n) is 8.25. The van der Waals surface area contributed by atoms with Crippen molar-refractivity contribution in [1.29, 1.82) is 0 Å². The first-order chi connectivity index (χ1) is 15.8. The van der Waals surface area contributed by atoms with Crippen LogP contribution in [0.25, 0.3) is 0 Å². The Labute approximate surface area is 197 Å². The Bertz CT molecular complexity index is 745. The maximum Gasteiger partial charge on any atom is 0.326 e. The molecule has 4 unspecified atom stereocenters. The third kappa shape index (κ3) is 12.1. The number of aliphatic carboxylic acids is 1. The summed E-state index contributed by atoms with van der Waals surface area (Å²) in [5, 5.41) is 16.3. The van der Waals surface area contributed by atoms with Gasteiger partial charge < -0.3 is 44.0 Å². The van der Waals surface area contributed by atoms with E-state index in [1.165, 1.54) is 0 Å². The molecule has 0 aliphatic heterocycles. The quantitative estimate of drug-likeness (QED) is 0.0957. The monoisotopic (exact) mass is 487 g/mol. The zero-order valence-corrected chi connectivity index (χ0v) is 19.5. The summed E-state index contributed by atoms with van der Waals surface area (Å²) in [6.45, 7) is 3.74. The molecule has 0 heterocycles. The maximum absolute atomic E-state index is 12.8. The smallest absolute Gasteiger partial charge is 0.326 e. The topological polar surface area (TPSA) is 263 Å². The van der Waals surface area contributed by atoms with Crippen molar-refractivity contribution < 1.29 is 33.9 Å². The van der Waals surface area contributed by atoms with Crippen LogP contribution in [0.5, 0.6) is 0 Å². The first kappa shape index (κ1) is 30.7. The van der Waals surface area contributed by atoms with Crippen LogP contribution in [0.2, 0.25) is 0 Å². The molecule has 0 bridgehead atoms. The maximum atomic E-state index is 12.8. The largest absolute Gasteiger partial charge is 0.480 e. The minimum atomic E-state index is -1.52. The number of nitrogens with two attached hydrogens (primary N) is 4. The van der Waals surface area contributed by atoms with Crippen LogP contribution in [0, 0.1) is 5.92 Å². The number of carbonyl (C=O) groups is 6. The average Bonchev–Trinajstić information content (AvgIpc) is 2.73. The summed E-state index contributed by atoms with van der Waals surface area (Å²) < 4.78 is 0. The van der Waals surface area contributed by atoms with Crippen LogP contribution in [0.1, 0.15) is 52.4 Å². The molecule has 194 valence electrons. The standard InChI is InChI=1S/C20H37N7O7/c1-10(2)16(24)19(32)25-11(6-7-14(22)28)17(30)27-13(9-15(23)29)18(31)26-12(20(33)34)5-3-4-8-21/h10-13,16H,3-9,21,24H2,1-2H3,(H2,22,28)(H2,23,29)(H,25,32)(H,26,31)(H,27,30)(H,33,34). The van der Waals surface area contributed by atoms with Crippen molar-refractivity contribution in [1.82, 2.24) is 16.0 Å². The lowest BCUT2D eigenvalue weighted by Crippen LogP contribution is -2.58. The number of hydrogen-bond donors (Lipinski definition) is 8. The Balaban J connectivity index is 5.54. The molecule has 0 fully saturated rings. The summed E-state index contributed by atoms with van der Waals surface area (Å²) in [6.07, 6.45) is -0.0307. The van der Waals surface area contributed by atoms with Crippen LogP contribution < -0.4 is 38.9 Å². The highest BCUT2D eigenvalue weighted by Crippen LogP contribution is 2.06. The van der Waals surface area contributed by atoms with Gasteiger partial charge in [0.05, 0.1) is 12.5 Å². The Morgan fingerprint density at radius 3 is 1.76 bits per heavy atom. The van der Waals surface area contributed by atoms with E-state index in [2.05, 4.69) is 16.0 Å². The molecule has 0 radical (unpaired) electrons. The minimum absolute atomic E-state index is 0.0832. The number of unbranched alkanes of at least 4 members (excludes halogenated alkanes) is 1. The fourth-order valence-electron chi connectivity index (χ4n) is 2.83. The lowest BCUT2D eigenvalue weighted by molar-refractivity contribution is -0.142. The highest BCUT2D eigenvalue weighted by molar-refractivity contribution is 5.96. The summed E-state index contributed by atoms with van der Waals surface area (Å²) in [7, 11) is 0. The van der Waals surface area contributed by atoms with Gasteiger partial charge >= 0.3 is 5.97 Å². The predicted molar refractivity (Wildman–Crippen MR) is 121 cm³/mol. The van der Waals surface area contributed by atoms with Gasteiger partial charge in [-0.3, -0.25) is 24.0 Å². The molecule has 5 amide bonds. The van der Waals surface area contributed by atoms with Gasteiger partial charge in [-0.15, -0.1) is 0 Å². The molecule has 0 aromatic heterocycles. The summed E-state index contributed by atoms with van der Waals surface area (Å²) >= 11 is 0. The highest BCUT2D eigenvalue weighted by atomic mass is 16.4. The van der Waals surface area contributed by atoms with E-state index in [9.17, 15) is 33.9 Å². The number of rotatable bonds is 17. The van der Waals surface area contributed by atoms with Gasteiger partial charge in [-0.25, -0.2) is 4.79 Å². The van der Waals surface area contributed by atoms with Crippen molar-refractivity contribution in [2.75, 3.05) is 6.54 Å². The Morgan fingerprint density at radius 1 is 0.765 bits per heavy atom. The van der Waals surface area contributed by atoms with Gasteiger partial charge in [-0.2, -0.15) is 0 Å². The number of carbonyl (C=O) groups excluding carboxylic acids is 5. The van der Waals surface area contributed by atoms with Crippen molar-refractivity contribution in [3.05, 3.63) is 0 Å². The van der Waals surface area contributed by atoms with Crippen molar-refractivity contribution in [2.45, 2.75) is 76.5 Å². The SMILES string of the molecule is CC(C)C(N)C(=O)NC(CCC(N)=O)C(=O)NC(CC(N)=O)C(=O)NC(CCCCN)C(=O)O. The highest BCUT2D eigenvalue weighted by Gasteiger charge is 2.31. The number of amides is 5. The third-order valence-corrected chi connectivity index (χ3v) is 4.93. The molecule has 0 aliphatic rings. The molecule has 34 heavy (non-hydrogen) atoms. The summed E-state index contributed by atoms with van der Waals surface area (Å²) in [5.41, 5.74) is 21.5. The molecule has 14 heteroatoms. The van der Waals surface area contributed by atoms with E-state index in [1.807, 2.05) is 0 Å². The first-order valence-electron chi connectivity index (χ1n) is 11.0. The van der Waals surface area contributed by atoms with Gasteiger partial charge in [0.2, 0.25) is 29.5 Å². The fourth-order valence-corrected chi connectivity index (χ4v) is 2.83. The van der Waals surface area contributed by atoms with Gasteiger partial charge in [0.15, 0.2) is 0 Å². The Kier molecular flexibility index (Phi) is 14.1. The lowest BCUT2D eigenvalue weighted by atomic mass is 10.0. The number of nitrogens with one attached hydrogen (secondary N) is 3. The second-order valence-corrected chi connectivity index (χ2v) is 8.25. The molecule has 0 spiro atoms. The zero-order valence-electron chi connectivity index (χ0n) is 19.5. The van der Waals surface area contributed by atoms with Crippen LogP contribution in [0.15, 0.2) is 0 Å². The Hall–Kier alpha value is -3.26. The molecular weight excluding hydrogens is 450 g/mol.